The van der Waals surface area contributed by atoms with Crippen LogP contribution in [0.15, 0.2) is 12.3 Å². The number of aromatic nitrogens is 3. The molecule has 2 rings (SSSR count). The van der Waals surface area contributed by atoms with Gasteiger partial charge in [-0.3, -0.25) is 4.40 Å². The number of aryl methyl sites for hydroxylation is 1. The lowest BCUT2D eigenvalue weighted by molar-refractivity contribution is 1.12. The van der Waals surface area contributed by atoms with E-state index in [2.05, 4.69) is 10.2 Å². The van der Waals surface area contributed by atoms with Crippen LogP contribution in [0.2, 0.25) is 0 Å². The second kappa shape index (κ2) is 2.10. The maximum absolute atomic E-state index is 5.68. The zero-order valence-electron chi connectivity index (χ0n) is 6.65. The minimum Gasteiger partial charge on any atom is -0.397 e. The summed E-state index contributed by atoms with van der Waals surface area (Å²) in [4.78, 5) is 0. The molecule has 0 aliphatic rings. The number of hydrogen-bond acceptors (Lipinski definition) is 4. The van der Waals surface area contributed by atoms with Gasteiger partial charge in [-0.1, -0.05) is 0 Å². The molecule has 0 saturated heterocycles. The highest BCUT2D eigenvalue weighted by molar-refractivity contribution is 5.55. The van der Waals surface area contributed by atoms with E-state index in [0.29, 0.717) is 11.6 Å². The number of nitrogen functional groups attached to an aromatic ring is 2. The molecule has 0 atom stereocenters. The van der Waals surface area contributed by atoms with Crippen LogP contribution in [0.4, 0.5) is 11.6 Å². The monoisotopic (exact) mass is 163 g/mol. The van der Waals surface area contributed by atoms with Crippen molar-refractivity contribution < 1.29 is 0 Å². The number of hydrogen-bond donors (Lipinski definition) is 2. The molecule has 0 spiro atoms. The lowest BCUT2D eigenvalue weighted by Gasteiger charge is -2.00. The van der Waals surface area contributed by atoms with Gasteiger partial charge in [0.2, 0.25) is 5.95 Å². The summed E-state index contributed by atoms with van der Waals surface area (Å²) in [6.45, 7) is 1.92. The van der Waals surface area contributed by atoms with Gasteiger partial charge in [-0.05, 0) is 18.6 Å². The molecule has 0 bridgehead atoms. The van der Waals surface area contributed by atoms with E-state index in [9.17, 15) is 0 Å². The summed E-state index contributed by atoms with van der Waals surface area (Å²) < 4.78 is 1.66. The van der Waals surface area contributed by atoms with Gasteiger partial charge in [-0.25, -0.2) is 0 Å². The summed E-state index contributed by atoms with van der Waals surface area (Å²) in [5.74, 6) is 0.358. The lowest BCUT2D eigenvalue weighted by atomic mass is 10.2. The third kappa shape index (κ3) is 0.795. The standard InChI is InChI=1S/C7H9N5/c1-4-2-6-10-11-7(9)12(6)3-5(4)8/h2-3H,8H2,1H3,(H2,9,11). The molecule has 12 heavy (non-hydrogen) atoms. The summed E-state index contributed by atoms with van der Waals surface area (Å²) in [5, 5.41) is 7.57. The molecule has 2 aromatic rings. The van der Waals surface area contributed by atoms with Crippen molar-refractivity contribution >= 4 is 17.3 Å². The first-order valence-corrected chi connectivity index (χ1v) is 3.55. The predicted molar refractivity (Wildman–Crippen MR) is 46.5 cm³/mol. The number of nitrogens with zero attached hydrogens (tertiary/aromatic N) is 3. The van der Waals surface area contributed by atoms with Gasteiger partial charge in [0.25, 0.3) is 0 Å². The van der Waals surface area contributed by atoms with Gasteiger partial charge in [-0.15, -0.1) is 10.2 Å². The van der Waals surface area contributed by atoms with Gasteiger partial charge in [0.1, 0.15) is 0 Å². The Kier molecular flexibility index (Phi) is 1.21. The van der Waals surface area contributed by atoms with Gasteiger partial charge < -0.3 is 11.5 Å². The Hall–Kier alpha value is -1.78. The van der Waals surface area contributed by atoms with E-state index in [0.717, 1.165) is 11.2 Å². The van der Waals surface area contributed by atoms with Crippen LogP contribution < -0.4 is 11.5 Å². The second-order valence-electron chi connectivity index (χ2n) is 2.70. The van der Waals surface area contributed by atoms with E-state index in [1.54, 1.807) is 10.6 Å². The van der Waals surface area contributed by atoms with Gasteiger partial charge >= 0.3 is 0 Å². The molecule has 0 amide bonds. The third-order valence-corrected chi connectivity index (χ3v) is 1.82. The summed E-state index contributed by atoms with van der Waals surface area (Å²) in [6, 6.07) is 1.85. The van der Waals surface area contributed by atoms with Crippen LogP contribution in [0, 0.1) is 6.92 Å². The summed E-state index contributed by atoms with van der Waals surface area (Å²) in [7, 11) is 0. The molecular formula is C7H9N5. The summed E-state index contributed by atoms with van der Waals surface area (Å²) in [6.07, 6.45) is 1.72. The van der Waals surface area contributed by atoms with E-state index in [1.165, 1.54) is 0 Å². The largest absolute Gasteiger partial charge is 0.397 e. The molecule has 0 aliphatic carbocycles. The molecule has 2 aromatic heterocycles. The second-order valence-corrected chi connectivity index (χ2v) is 2.70. The number of nitrogens with two attached hydrogens (primary N) is 2. The molecule has 62 valence electrons. The fraction of sp³-hybridized carbons (Fsp3) is 0.143. The highest BCUT2D eigenvalue weighted by Crippen LogP contribution is 2.14. The Bertz CT molecular complexity index is 431. The van der Waals surface area contributed by atoms with Crippen LogP contribution in [-0.4, -0.2) is 14.6 Å². The number of rotatable bonds is 0. The number of pyridine rings is 1. The van der Waals surface area contributed by atoms with Crippen molar-refractivity contribution in [2.24, 2.45) is 0 Å². The lowest BCUT2D eigenvalue weighted by Crippen LogP contribution is -1.97. The molecular weight excluding hydrogens is 154 g/mol. The minimum absolute atomic E-state index is 0.358. The fourth-order valence-electron chi connectivity index (χ4n) is 1.06. The number of anilines is 2. The van der Waals surface area contributed by atoms with Crippen LogP contribution in [0.5, 0.6) is 0 Å². The van der Waals surface area contributed by atoms with Crippen LogP contribution >= 0.6 is 0 Å². The van der Waals surface area contributed by atoms with Crippen molar-refractivity contribution in [2.45, 2.75) is 6.92 Å². The van der Waals surface area contributed by atoms with Gasteiger partial charge in [0.05, 0.1) is 5.69 Å². The van der Waals surface area contributed by atoms with Crippen molar-refractivity contribution in [1.82, 2.24) is 14.6 Å². The minimum atomic E-state index is 0.358. The zero-order chi connectivity index (χ0) is 8.72. The Morgan fingerprint density at radius 2 is 2.08 bits per heavy atom. The molecule has 0 fully saturated rings. The van der Waals surface area contributed by atoms with E-state index < -0.39 is 0 Å². The summed E-state index contributed by atoms with van der Waals surface area (Å²) >= 11 is 0. The van der Waals surface area contributed by atoms with Gasteiger partial charge in [0, 0.05) is 6.20 Å². The first-order valence-electron chi connectivity index (χ1n) is 3.55. The zero-order valence-corrected chi connectivity index (χ0v) is 6.65. The van der Waals surface area contributed by atoms with Crippen molar-refractivity contribution in [3.63, 3.8) is 0 Å². The van der Waals surface area contributed by atoms with Crippen LogP contribution in [0.25, 0.3) is 5.65 Å². The van der Waals surface area contributed by atoms with E-state index >= 15 is 0 Å². The third-order valence-electron chi connectivity index (χ3n) is 1.82. The Labute approximate surface area is 69.0 Å². The maximum atomic E-state index is 5.68. The Morgan fingerprint density at radius 3 is 2.83 bits per heavy atom. The molecule has 4 N–H and O–H groups in total. The fourth-order valence-corrected chi connectivity index (χ4v) is 1.06. The summed E-state index contributed by atoms with van der Waals surface area (Å²) in [5.41, 5.74) is 13.6. The molecule has 5 nitrogen and oxygen atoms in total. The highest BCUT2D eigenvalue weighted by atomic mass is 15.3. The van der Waals surface area contributed by atoms with Crippen molar-refractivity contribution in [1.29, 1.82) is 0 Å². The topological polar surface area (TPSA) is 82.2 Å². The molecule has 0 saturated carbocycles. The molecule has 0 radical (unpaired) electrons. The van der Waals surface area contributed by atoms with Crippen molar-refractivity contribution in [3.8, 4) is 0 Å². The highest BCUT2D eigenvalue weighted by Gasteiger charge is 2.02. The quantitative estimate of drug-likeness (QED) is 0.581. The molecule has 0 aromatic carbocycles. The first kappa shape index (κ1) is 6.90. The van der Waals surface area contributed by atoms with E-state index in [-0.39, 0.29) is 0 Å². The molecule has 5 heteroatoms. The predicted octanol–water partition coefficient (Wildman–Crippen LogP) is 0.202. The SMILES string of the molecule is Cc1cc2nnc(N)n2cc1N. The van der Waals surface area contributed by atoms with Crippen LogP contribution in [0.3, 0.4) is 0 Å². The maximum Gasteiger partial charge on any atom is 0.226 e. The van der Waals surface area contributed by atoms with Gasteiger partial charge in [0.15, 0.2) is 5.65 Å². The average molecular weight is 163 g/mol. The van der Waals surface area contributed by atoms with Crippen molar-refractivity contribution in [3.05, 3.63) is 17.8 Å². The molecule has 0 aliphatic heterocycles. The normalized spacial score (nSPS) is 10.8. The average Bonchev–Trinajstić information content (AvgIpc) is 2.35. The number of fused-ring (bicyclic) bond motifs is 1. The molecule has 2 heterocycles. The van der Waals surface area contributed by atoms with E-state index in [4.69, 9.17) is 11.5 Å². The Balaban J connectivity index is 2.87. The Morgan fingerprint density at radius 1 is 1.33 bits per heavy atom. The first-order chi connectivity index (χ1) is 5.68. The smallest absolute Gasteiger partial charge is 0.226 e. The van der Waals surface area contributed by atoms with Crippen molar-refractivity contribution in [2.75, 3.05) is 11.5 Å². The van der Waals surface area contributed by atoms with Gasteiger partial charge in [-0.2, -0.15) is 0 Å². The molecule has 0 unspecified atom stereocenters. The van der Waals surface area contributed by atoms with E-state index in [1.807, 2.05) is 13.0 Å². The van der Waals surface area contributed by atoms with Crippen LogP contribution in [0.1, 0.15) is 5.56 Å². The van der Waals surface area contributed by atoms with Crippen LogP contribution in [-0.2, 0) is 0 Å².